The van der Waals surface area contributed by atoms with E-state index >= 15 is 0 Å². The Kier molecular flexibility index (Phi) is 20.0. The first-order valence-electron chi connectivity index (χ1n) is 12.8. The zero-order valence-electron chi connectivity index (χ0n) is 21.1. The minimum absolute atomic E-state index is 0.0570. The predicted molar refractivity (Wildman–Crippen MR) is 131 cm³/mol. The van der Waals surface area contributed by atoms with Gasteiger partial charge >= 0.3 is 0 Å². The molecule has 202 valence electrons. The summed E-state index contributed by atoms with van der Waals surface area (Å²) in [5.41, 5.74) is 1.17. The molecule has 0 N–H and O–H groups in total. The molecular formula is C26H44O9. The smallest absolute Gasteiger partial charge is 0.157 e. The fourth-order valence-corrected chi connectivity index (χ4v) is 3.16. The molecule has 1 aromatic carbocycles. The van der Waals surface area contributed by atoms with Gasteiger partial charge in [0.2, 0.25) is 0 Å². The van der Waals surface area contributed by atoms with Gasteiger partial charge in [0, 0.05) is 6.61 Å². The zero-order valence-corrected chi connectivity index (χ0v) is 21.1. The molecule has 9 nitrogen and oxygen atoms in total. The Morgan fingerprint density at radius 2 is 1.00 bits per heavy atom. The average molecular weight is 501 g/mol. The zero-order chi connectivity index (χ0) is 24.5. The van der Waals surface area contributed by atoms with E-state index in [1.54, 1.807) is 0 Å². The minimum atomic E-state index is -0.0570. The van der Waals surface area contributed by atoms with Crippen molar-refractivity contribution in [1.82, 2.24) is 0 Å². The molecule has 1 aliphatic heterocycles. The van der Waals surface area contributed by atoms with Crippen molar-refractivity contribution in [3.05, 3.63) is 35.9 Å². The molecule has 35 heavy (non-hydrogen) atoms. The Morgan fingerprint density at radius 1 is 0.543 bits per heavy atom. The van der Waals surface area contributed by atoms with Gasteiger partial charge in [0.25, 0.3) is 0 Å². The van der Waals surface area contributed by atoms with Gasteiger partial charge in [0.05, 0.1) is 99.1 Å². The van der Waals surface area contributed by atoms with Gasteiger partial charge < -0.3 is 42.6 Å². The molecule has 0 saturated carbocycles. The van der Waals surface area contributed by atoms with Gasteiger partial charge in [0.1, 0.15) is 0 Å². The number of hydrogen-bond donors (Lipinski definition) is 0. The van der Waals surface area contributed by atoms with E-state index in [1.165, 1.54) is 12.0 Å². The largest absolute Gasteiger partial charge is 0.377 e. The molecule has 1 saturated heterocycles. The van der Waals surface area contributed by atoms with E-state index in [4.69, 9.17) is 42.6 Å². The number of hydrogen-bond acceptors (Lipinski definition) is 9. The van der Waals surface area contributed by atoms with Gasteiger partial charge in [-0.1, -0.05) is 30.3 Å². The van der Waals surface area contributed by atoms with Crippen molar-refractivity contribution in [3.8, 4) is 0 Å². The van der Waals surface area contributed by atoms with Crippen LogP contribution in [0.1, 0.15) is 24.8 Å². The lowest BCUT2D eigenvalue weighted by atomic mass is 10.2. The molecule has 2 rings (SSSR count). The molecule has 0 spiro atoms. The number of benzene rings is 1. The summed E-state index contributed by atoms with van der Waals surface area (Å²) in [6.45, 7) is 9.04. The monoisotopic (exact) mass is 500 g/mol. The van der Waals surface area contributed by atoms with Crippen LogP contribution in [0.15, 0.2) is 30.3 Å². The van der Waals surface area contributed by atoms with Crippen LogP contribution in [-0.4, -0.2) is 105 Å². The summed E-state index contributed by atoms with van der Waals surface area (Å²) < 4.78 is 49.5. The van der Waals surface area contributed by atoms with Gasteiger partial charge in [-0.15, -0.1) is 0 Å². The van der Waals surface area contributed by atoms with Gasteiger partial charge in [-0.05, 0) is 24.8 Å². The molecule has 1 unspecified atom stereocenters. The van der Waals surface area contributed by atoms with Crippen LogP contribution in [0.3, 0.4) is 0 Å². The summed E-state index contributed by atoms with van der Waals surface area (Å²) >= 11 is 0. The van der Waals surface area contributed by atoms with Crippen LogP contribution in [0.2, 0.25) is 0 Å². The quantitative estimate of drug-likeness (QED) is 0.199. The third kappa shape index (κ3) is 18.7. The Bertz CT molecular complexity index is 555. The summed E-state index contributed by atoms with van der Waals surface area (Å²) in [7, 11) is 0. The molecule has 1 fully saturated rings. The first-order valence-corrected chi connectivity index (χ1v) is 12.8. The first kappa shape index (κ1) is 30.1. The molecule has 1 aliphatic rings. The molecular weight excluding hydrogens is 456 g/mol. The molecule has 0 aromatic heterocycles. The highest BCUT2D eigenvalue weighted by Gasteiger charge is 2.13. The first-order chi connectivity index (χ1) is 17.4. The number of rotatable bonds is 24. The summed E-state index contributed by atoms with van der Waals surface area (Å²) in [6, 6.07) is 10.1. The number of ether oxygens (including phenoxy) is 9. The predicted octanol–water partition coefficient (Wildman–Crippen LogP) is 2.85. The molecule has 1 heterocycles. The van der Waals surface area contributed by atoms with E-state index in [0.717, 1.165) is 19.4 Å². The highest BCUT2D eigenvalue weighted by molar-refractivity contribution is 5.13. The van der Waals surface area contributed by atoms with Crippen molar-refractivity contribution >= 4 is 0 Å². The lowest BCUT2D eigenvalue weighted by molar-refractivity contribution is -0.169. The Balaban J connectivity index is 1.17. The second-order valence-electron chi connectivity index (χ2n) is 7.88. The molecule has 0 amide bonds. The van der Waals surface area contributed by atoms with Gasteiger partial charge in [-0.2, -0.15) is 0 Å². The van der Waals surface area contributed by atoms with Crippen LogP contribution < -0.4 is 0 Å². The highest BCUT2D eigenvalue weighted by Crippen LogP contribution is 2.13. The molecule has 1 atom stereocenters. The Hall–Kier alpha value is -1.14. The van der Waals surface area contributed by atoms with Gasteiger partial charge in [-0.25, -0.2) is 0 Å². The molecule has 0 aliphatic carbocycles. The van der Waals surface area contributed by atoms with Gasteiger partial charge in [-0.3, -0.25) is 0 Å². The van der Waals surface area contributed by atoms with Crippen molar-refractivity contribution in [1.29, 1.82) is 0 Å². The SMILES string of the molecule is c1ccc(COCCOCCOCCOCCOCCOCCOCCOC2CCCCO2)cc1. The van der Waals surface area contributed by atoms with Crippen molar-refractivity contribution in [2.45, 2.75) is 32.2 Å². The molecule has 1 aromatic rings. The average Bonchev–Trinajstić information content (AvgIpc) is 2.90. The van der Waals surface area contributed by atoms with Crippen LogP contribution in [0.4, 0.5) is 0 Å². The van der Waals surface area contributed by atoms with Gasteiger partial charge in [0.15, 0.2) is 6.29 Å². The highest BCUT2D eigenvalue weighted by atomic mass is 16.7. The van der Waals surface area contributed by atoms with Crippen LogP contribution >= 0.6 is 0 Å². The van der Waals surface area contributed by atoms with Crippen LogP contribution in [0.25, 0.3) is 0 Å². The van der Waals surface area contributed by atoms with E-state index in [2.05, 4.69) is 0 Å². The van der Waals surface area contributed by atoms with E-state index in [9.17, 15) is 0 Å². The minimum Gasteiger partial charge on any atom is -0.377 e. The van der Waals surface area contributed by atoms with E-state index in [0.29, 0.717) is 99.1 Å². The molecule has 0 bridgehead atoms. The van der Waals surface area contributed by atoms with Crippen LogP contribution in [0, 0.1) is 0 Å². The fraction of sp³-hybridized carbons (Fsp3) is 0.769. The summed E-state index contributed by atoms with van der Waals surface area (Å²) in [6.07, 6.45) is 3.22. The standard InChI is InChI=1S/C26H44O9/c1-2-6-25(7-3-1)24-33-21-20-31-17-16-29-13-12-27-10-11-28-14-15-30-18-19-32-22-23-35-26-8-4-5-9-34-26/h1-3,6-7,26H,4-5,8-24H2. The van der Waals surface area contributed by atoms with Crippen molar-refractivity contribution in [2.24, 2.45) is 0 Å². The lowest BCUT2D eigenvalue weighted by Gasteiger charge is -2.22. The Morgan fingerprint density at radius 3 is 1.46 bits per heavy atom. The van der Waals surface area contributed by atoms with E-state index in [1.807, 2.05) is 30.3 Å². The third-order valence-electron chi connectivity index (χ3n) is 5.01. The summed E-state index contributed by atoms with van der Waals surface area (Å²) in [5.74, 6) is 0. The van der Waals surface area contributed by atoms with Crippen LogP contribution in [0.5, 0.6) is 0 Å². The lowest BCUT2D eigenvalue weighted by Crippen LogP contribution is -2.24. The topological polar surface area (TPSA) is 83.1 Å². The second-order valence-corrected chi connectivity index (χ2v) is 7.88. The molecule has 0 radical (unpaired) electrons. The maximum atomic E-state index is 5.60. The van der Waals surface area contributed by atoms with Crippen molar-refractivity contribution < 1.29 is 42.6 Å². The Labute approximate surface area is 210 Å². The summed E-state index contributed by atoms with van der Waals surface area (Å²) in [4.78, 5) is 0. The summed E-state index contributed by atoms with van der Waals surface area (Å²) in [5, 5.41) is 0. The molecule has 9 heteroatoms. The fourth-order valence-electron chi connectivity index (χ4n) is 3.16. The maximum Gasteiger partial charge on any atom is 0.157 e. The van der Waals surface area contributed by atoms with E-state index in [-0.39, 0.29) is 6.29 Å². The maximum absolute atomic E-state index is 5.60. The van der Waals surface area contributed by atoms with Crippen LogP contribution in [-0.2, 0) is 49.2 Å². The normalized spacial score (nSPS) is 16.1. The van der Waals surface area contributed by atoms with E-state index < -0.39 is 0 Å². The van der Waals surface area contributed by atoms with Crippen molar-refractivity contribution in [2.75, 3.05) is 99.1 Å². The second kappa shape index (κ2) is 23.3. The van der Waals surface area contributed by atoms with Crippen molar-refractivity contribution in [3.63, 3.8) is 0 Å². The third-order valence-corrected chi connectivity index (χ3v) is 5.01.